The molecule has 3 aromatic rings. The molecule has 0 spiro atoms. The van der Waals surface area contributed by atoms with Crippen LogP contribution in [0.2, 0.25) is 0 Å². The molecule has 0 unspecified atom stereocenters. The van der Waals surface area contributed by atoms with Crippen LogP contribution in [-0.4, -0.2) is 9.78 Å². The number of rotatable bonds is 2. The second-order valence-corrected chi connectivity index (χ2v) is 5.67. The summed E-state index contributed by atoms with van der Waals surface area (Å²) in [6.45, 7) is 3.47. The van der Waals surface area contributed by atoms with Gasteiger partial charge in [-0.15, -0.1) is 0 Å². The monoisotopic (exact) mass is 304 g/mol. The number of aryl methyl sites for hydroxylation is 1. The van der Waals surface area contributed by atoms with E-state index in [1.54, 1.807) is 27.1 Å². The first-order chi connectivity index (χ1) is 10.4. The summed E-state index contributed by atoms with van der Waals surface area (Å²) in [4.78, 5) is 0. The van der Waals surface area contributed by atoms with Crippen LogP contribution in [0.1, 0.15) is 25.3 Å². The Morgan fingerprint density at radius 3 is 2.23 bits per heavy atom. The van der Waals surface area contributed by atoms with Crippen molar-refractivity contribution in [2.75, 3.05) is 0 Å². The number of aromatic nitrogens is 2. The van der Waals surface area contributed by atoms with E-state index in [2.05, 4.69) is 5.10 Å². The van der Waals surface area contributed by atoms with Gasteiger partial charge in [-0.25, -0.2) is 13.2 Å². The van der Waals surface area contributed by atoms with Crippen molar-refractivity contribution in [3.8, 4) is 11.1 Å². The van der Waals surface area contributed by atoms with E-state index < -0.39 is 17.5 Å². The van der Waals surface area contributed by atoms with Crippen molar-refractivity contribution < 1.29 is 13.2 Å². The number of halogens is 3. The van der Waals surface area contributed by atoms with Gasteiger partial charge in [-0.2, -0.15) is 5.10 Å². The first-order valence-corrected chi connectivity index (χ1v) is 6.99. The van der Waals surface area contributed by atoms with Crippen LogP contribution in [0, 0.1) is 17.5 Å². The van der Waals surface area contributed by atoms with E-state index in [4.69, 9.17) is 0 Å². The van der Waals surface area contributed by atoms with Crippen molar-refractivity contribution in [3.63, 3.8) is 0 Å². The smallest absolute Gasteiger partial charge is 0.151 e. The maximum absolute atomic E-state index is 14.2. The Bertz CT molecular complexity index is 843. The molecule has 0 saturated heterocycles. The molecular formula is C17H15F3N2. The predicted molar refractivity (Wildman–Crippen MR) is 80.1 cm³/mol. The average Bonchev–Trinajstić information content (AvgIpc) is 2.80. The molecule has 0 saturated carbocycles. The third-order valence-electron chi connectivity index (χ3n) is 3.71. The van der Waals surface area contributed by atoms with E-state index in [1.165, 1.54) is 28.9 Å². The van der Waals surface area contributed by atoms with Crippen molar-refractivity contribution in [3.05, 3.63) is 53.5 Å². The molecule has 114 valence electrons. The maximum atomic E-state index is 14.2. The molecule has 0 N–H and O–H groups in total. The van der Waals surface area contributed by atoms with Crippen molar-refractivity contribution in [1.29, 1.82) is 0 Å². The fourth-order valence-electron chi connectivity index (χ4n) is 2.73. The van der Waals surface area contributed by atoms with Crippen LogP contribution in [-0.2, 0) is 7.05 Å². The summed E-state index contributed by atoms with van der Waals surface area (Å²) in [6, 6.07) is 5.36. The normalized spacial score (nSPS) is 11.6. The Kier molecular flexibility index (Phi) is 3.43. The Balaban J connectivity index is 2.26. The fourth-order valence-corrected chi connectivity index (χ4v) is 2.73. The lowest BCUT2D eigenvalue weighted by Crippen LogP contribution is -1.99. The van der Waals surface area contributed by atoms with Gasteiger partial charge in [0.15, 0.2) is 5.82 Å². The SMILES string of the molecule is CC(C)c1c(F)cc(-c2ccc(F)c3nn(C)cc23)cc1F. The highest BCUT2D eigenvalue weighted by Gasteiger charge is 2.17. The summed E-state index contributed by atoms with van der Waals surface area (Å²) < 4.78 is 43.7. The molecule has 2 aromatic carbocycles. The fraction of sp³-hybridized carbons (Fsp3) is 0.235. The summed E-state index contributed by atoms with van der Waals surface area (Å²) in [5.41, 5.74) is 1.18. The van der Waals surface area contributed by atoms with Crippen molar-refractivity contribution in [2.45, 2.75) is 19.8 Å². The number of fused-ring (bicyclic) bond motifs is 1. The minimum Gasteiger partial charge on any atom is -0.274 e. The van der Waals surface area contributed by atoms with Crippen LogP contribution in [0.3, 0.4) is 0 Å². The molecule has 0 aliphatic rings. The first kappa shape index (κ1) is 14.6. The molecule has 0 fully saturated rings. The summed E-state index contributed by atoms with van der Waals surface area (Å²) in [7, 11) is 1.67. The predicted octanol–water partition coefficient (Wildman–Crippen LogP) is 4.78. The number of hydrogen-bond donors (Lipinski definition) is 0. The molecule has 1 aromatic heterocycles. The zero-order chi connectivity index (χ0) is 16.0. The summed E-state index contributed by atoms with van der Waals surface area (Å²) >= 11 is 0. The number of benzene rings is 2. The molecular weight excluding hydrogens is 289 g/mol. The molecule has 0 aliphatic carbocycles. The molecule has 1 heterocycles. The van der Waals surface area contributed by atoms with E-state index in [0.717, 1.165) is 0 Å². The standard InChI is InChI=1S/C17H15F3N2/c1-9(2)16-14(19)6-10(7-15(16)20)11-4-5-13(18)17-12(11)8-22(3)21-17/h4-9H,1-3H3. The Labute approximate surface area is 126 Å². The lowest BCUT2D eigenvalue weighted by Gasteiger charge is -2.11. The van der Waals surface area contributed by atoms with Gasteiger partial charge in [0, 0.05) is 24.2 Å². The van der Waals surface area contributed by atoms with Gasteiger partial charge in [-0.3, -0.25) is 4.68 Å². The van der Waals surface area contributed by atoms with E-state index in [-0.39, 0.29) is 17.0 Å². The zero-order valence-corrected chi connectivity index (χ0v) is 12.5. The largest absolute Gasteiger partial charge is 0.274 e. The van der Waals surface area contributed by atoms with Crippen LogP contribution in [0.25, 0.3) is 22.0 Å². The third kappa shape index (κ3) is 2.26. The van der Waals surface area contributed by atoms with Crippen LogP contribution < -0.4 is 0 Å². The highest BCUT2D eigenvalue weighted by atomic mass is 19.1. The van der Waals surface area contributed by atoms with E-state index in [9.17, 15) is 13.2 Å². The molecule has 0 atom stereocenters. The minimum absolute atomic E-state index is 0.0632. The van der Waals surface area contributed by atoms with E-state index in [0.29, 0.717) is 16.5 Å². The lowest BCUT2D eigenvalue weighted by atomic mass is 9.96. The molecule has 22 heavy (non-hydrogen) atoms. The Morgan fingerprint density at radius 2 is 1.64 bits per heavy atom. The molecule has 3 rings (SSSR count). The average molecular weight is 304 g/mol. The van der Waals surface area contributed by atoms with Gasteiger partial charge in [0.2, 0.25) is 0 Å². The lowest BCUT2D eigenvalue weighted by molar-refractivity contribution is 0.542. The molecule has 0 radical (unpaired) electrons. The molecule has 0 amide bonds. The molecule has 0 aliphatic heterocycles. The molecule has 5 heteroatoms. The first-order valence-electron chi connectivity index (χ1n) is 6.99. The van der Waals surface area contributed by atoms with Gasteiger partial charge >= 0.3 is 0 Å². The van der Waals surface area contributed by atoms with Gasteiger partial charge < -0.3 is 0 Å². The second-order valence-electron chi connectivity index (χ2n) is 5.67. The summed E-state index contributed by atoms with van der Waals surface area (Å²) in [5, 5.41) is 4.57. The number of nitrogens with zero attached hydrogens (tertiary/aromatic N) is 2. The highest BCUT2D eigenvalue weighted by Crippen LogP contribution is 2.33. The minimum atomic E-state index is -0.591. The van der Waals surface area contributed by atoms with Gasteiger partial charge in [-0.1, -0.05) is 19.9 Å². The van der Waals surface area contributed by atoms with Gasteiger partial charge in [-0.05, 0) is 35.2 Å². The quantitative estimate of drug-likeness (QED) is 0.666. The van der Waals surface area contributed by atoms with Crippen molar-refractivity contribution in [2.24, 2.45) is 7.05 Å². The number of hydrogen-bond acceptors (Lipinski definition) is 1. The van der Waals surface area contributed by atoms with Crippen LogP contribution in [0.5, 0.6) is 0 Å². The van der Waals surface area contributed by atoms with Crippen LogP contribution >= 0.6 is 0 Å². The van der Waals surface area contributed by atoms with Crippen LogP contribution in [0.4, 0.5) is 13.2 Å². The molecule has 2 nitrogen and oxygen atoms in total. The van der Waals surface area contributed by atoms with E-state index >= 15 is 0 Å². The highest BCUT2D eigenvalue weighted by molar-refractivity contribution is 5.94. The van der Waals surface area contributed by atoms with Crippen molar-refractivity contribution in [1.82, 2.24) is 9.78 Å². The van der Waals surface area contributed by atoms with Gasteiger partial charge in [0.1, 0.15) is 17.2 Å². The van der Waals surface area contributed by atoms with Crippen LogP contribution in [0.15, 0.2) is 30.5 Å². The third-order valence-corrected chi connectivity index (χ3v) is 3.71. The second kappa shape index (κ2) is 5.16. The maximum Gasteiger partial charge on any atom is 0.151 e. The zero-order valence-electron chi connectivity index (χ0n) is 12.5. The topological polar surface area (TPSA) is 17.8 Å². The Morgan fingerprint density at radius 1 is 1.00 bits per heavy atom. The van der Waals surface area contributed by atoms with Gasteiger partial charge in [0.05, 0.1) is 0 Å². The van der Waals surface area contributed by atoms with E-state index in [1.807, 2.05) is 0 Å². The summed E-state index contributed by atoms with van der Waals surface area (Å²) in [5.74, 6) is -1.89. The van der Waals surface area contributed by atoms with Gasteiger partial charge in [0.25, 0.3) is 0 Å². The Hall–Kier alpha value is -2.30. The van der Waals surface area contributed by atoms with Crippen molar-refractivity contribution >= 4 is 10.9 Å². The summed E-state index contributed by atoms with van der Waals surface area (Å²) in [6.07, 6.45) is 1.64. The molecule has 0 bridgehead atoms.